The molecule has 0 aliphatic heterocycles. The van der Waals surface area contributed by atoms with Crippen LogP contribution in [-0.4, -0.2) is 18.5 Å². The summed E-state index contributed by atoms with van der Waals surface area (Å²) in [5.41, 5.74) is 3.07. The van der Waals surface area contributed by atoms with Crippen molar-refractivity contribution in [2.75, 3.05) is 11.9 Å². The van der Waals surface area contributed by atoms with Gasteiger partial charge in [0.15, 0.2) is 0 Å². The van der Waals surface area contributed by atoms with Crippen LogP contribution >= 0.6 is 11.6 Å². The molecular formula is C19H20ClNO3. The summed E-state index contributed by atoms with van der Waals surface area (Å²) < 4.78 is 4.95. The largest absolute Gasteiger partial charge is 0.462 e. The number of benzene rings is 2. The fourth-order valence-corrected chi connectivity index (χ4v) is 2.40. The highest BCUT2D eigenvalue weighted by Crippen LogP contribution is 2.22. The fourth-order valence-electron chi connectivity index (χ4n) is 2.20. The van der Waals surface area contributed by atoms with Crippen LogP contribution in [-0.2, 0) is 16.0 Å². The molecule has 1 N–H and O–H groups in total. The maximum Gasteiger partial charge on any atom is 0.339 e. The van der Waals surface area contributed by atoms with E-state index in [2.05, 4.69) is 5.32 Å². The van der Waals surface area contributed by atoms with Crippen molar-refractivity contribution in [1.29, 1.82) is 0 Å². The van der Waals surface area contributed by atoms with Crippen molar-refractivity contribution in [3.63, 3.8) is 0 Å². The zero-order valence-corrected chi connectivity index (χ0v) is 14.5. The summed E-state index contributed by atoms with van der Waals surface area (Å²) in [7, 11) is 0. The number of halogens is 1. The van der Waals surface area contributed by atoms with Gasteiger partial charge in [0.05, 0.1) is 17.2 Å². The number of carbonyl (C=O) groups excluding carboxylic acids is 2. The van der Waals surface area contributed by atoms with Gasteiger partial charge in [0.25, 0.3) is 0 Å². The maximum absolute atomic E-state index is 12.1. The molecule has 126 valence electrons. The van der Waals surface area contributed by atoms with E-state index in [-0.39, 0.29) is 18.1 Å². The SMILES string of the molecule is CCOC(=O)c1cc(NC(=O)CCc2ccc(C)cc2)ccc1Cl. The number of hydrogen-bond acceptors (Lipinski definition) is 3. The summed E-state index contributed by atoms with van der Waals surface area (Å²) in [6, 6.07) is 12.9. The van der Waals surface area contributed by atoms with Crippen LogP contribution in [0.2, 0.25) is 5.02 Å². The molecule has 5 heteroatoms. The molecule has 0 saturated carbocycles. The number of nitrogens with one attached hydrogen (secondary N) is 1. The molecule has 0 atom stereocenters. The Hall–Kier alpha value is -2.33. The number of carbonyl (C=O) groups is 2. The van der Waals surface area contributed by atoms with Crippen molar-refractivity contribution >= 4 is 29.2 Å². The van der Waals surface area contributed by atoms with Crippen LogP contribution in [0.15, 0.2) is 42.5 Å². The highest BCUT2D eigenvalue weighted by Gasteiger charge is 2.13. The second kappa shape index (κ2) is 8.50. The number of amides is 1. The van der Waals surface area contributed by atoms with Gasteiger partial charge in [-0.15, -0.1) is 0 Å². The molecule has 0 aromatic heterocycles. The predicted molar refractivity (Wildman–Crippen MR) is 95.5 cm³/mol. The average Bonchev–Trinajstić information content (AvgIpc) is 2.56. The maximum atomic E-state index is 12.1. The minimum atomic E-state index is -0.502. The Bertz CT molecular complexity index is 726. The molecule has 2 aromatic carbocycles. The minimum Gasteiger partial charge on any atom is -0.462 e. The number of esters is 1. The zero-order valence-electron chi connectivity index (χ0n) is 13.8. The molecule has 0 radical (unpaired) electrons. The molecule has 0 aliphatic carbocycles. The molecule has 1 amide bonds. The molecular weight excluding hydrogens is 326 g/mol. The van der Waals surface area contributed by atoms with E-state index in [1.807, 2.05) is 31.2 Å². The first-order chi connectivity index (χ1) is 11.5. The average molecular weight is 346 g/mol. The first-order valence-corrected chi connectivity index (χ1v) is 8.19. The van der Waals surface area contributed by atoms with Crippen LogP contribution in [0.5, 0.6) is 0 Å². The van der Waals surface area contributed by atoms with E-state index in [9.17, 15) is 9.59 Å². The summed E-state index contributed by atoms with van der Waals surface area (Å²) in [6.45, 7) is 4.02. The van der Waals surface area contributed by atoms with Gasteiger partial charge in [0.2, 0.25) is 5.91 Å². The second-order valence-corrected chi connectivity index (χ2v) is 5.86. The standard InChI is InChI=1S/C19H20ClNO3/c1-3-24-19(23)16-12-15(9-10-17(16)20)21-18(22)11-8-14-6-4-13(2)5-7-14/h4-7,9-10,12H,3,8,11H2,1-2H3,(H,21,22). The van der Waals surface area contributed by atoms with E-state index in [0.29, 0.717) is 23.6 Å². The Balaban J connectivity index is 1.97. The van der Waals surface area contributed by atoms with Crippen LogP contribution in [0, 0.1) is 6.92 Å². The predicted octanol–water partition coefficient (Wildman–Crippen LogP) is 4.40. The second-order valence-electron chi connectivity index (χ2n) is 5.45. The lowest BCUT2D eigenvalue weighted by Gasteiger charge is -2.09. The lowest BCUT2D eigenvalue weighted by atomic mass is 10.1. The Morgan fingerprint density at radius 2 is 1.83 bits per heavy atom. The molecule has 2 aromatic rings. The molecule has 0 aliphatic rings. The lowest BCUT2D eigenvalue weighted by Crippen LogP contribution is -2.13. The summed E-state index contributed by atoms with van der Waals surface area (Å²) >= 11 is 6.00. The number of ether oxygens (including phenoxy) is 1. The first kappa shape index (κ1) is 18.0. The summed E-state index contributed by atoms with van der Waals surface area (Å²) in [4.78, 5) is 23.9. The van der Waals surface area contributed by atoms with Crippen LogP contribution < -0.4 is 5.32 Å². The van der Waals surface area contributed by atoms with E-state index < -0.39 is 5.97 Å². The van der Waals surface area contributed by atoms with Gasteiger partial charge in [-0.3, -0.25) is 4.79 Å². The number of rotatable bonds is 6. The minimum absolute atomic E-state index is 0.118. The van der Waals surface area contributed by atoms with E-state index in [1.54, 1.807) is 19.1 Å². The smallest absolute Gasteiger partial charge is 0.339 e. The topological polar surface area (TPSA) is 55.4 Å². The van der Waals surface area contributed by atoms with Gasteiger partial charge in [-0.25, -0.2) is 4.79 Å². The van der Waals surface area contributed by atoms with Gasteiger partial charge in [-0.1, -0.05) is 41.4 Å². The van der Waals surface area contributed by atoms with Gasteiger partial charge < -0.3 is 10.1 Å². The normalized spacial score (nSPS) is 10.3. The van der Waals surface area contributed by atoms with Crippen molar-refractivity contribution in [1.82, 2.24) is 0 Å². The van der Waals surface area contributed by atoms with Crippen molar-refractivity contribution in [3.8, 4) is 0 Å². The van der Waals surface area contributed by atoms with Gasteiger partial charge in [-0.05, 0) is 44.0 Å². The van der Waals surface area contributed by atoms with Crippen LogP contribution in [0.3, 0.4) is 0 Å². The first-order valence-electron chi connectivity index (χ1n) is 7.81. The third-order valence-corrected chi connectivity index (χ3v) is 3.84. The van der Waals surface area contributed by atoms with Crippen LogP contribution in [0.1, 0.15) is 34.8 Å². The van der Waals surface area contributed by atoms with E-state index in [0.717, 1.165) is 5.56 Å². The number of aryl methyl sites for hydroxylation is 2. The van der Waals surface area contributed by atoms with Crippen molar-refractivity contribution in [2.45, 2.75) is 26.7 Å². The summed E-state index contributed by atoms with van der Waals surface area (Å²) in [6.07, 6.45) is 1.02. The molecule has 4 nitrogen and oxygen atoms in total. The molecule has 0 bridgehead atoms. The Morgan fingerprint density at radius 3 is 2.50 bits per heavy atom. The molecule has 0 spiro atoms. The van der Waals surface area contributed by atoms with Crippen LogP contribution in [0.4, 0.5) is 5.69 Å². The van der Waals surface area contributed by atoms with Crippen molar-refractivity contribution in [3.05, 3.63) is 64.2 Å². The number of anilines is 1. The van der Waals surface area contributed by atoms with Crippen molar-refractivity contribution < 1.29 is 14.3 Å². The van der Waals surface area contributed by atoms with Gasteiger partial charge in [0, 0.05) is 12.1 Å². The molecule has 0 saturated heterocycles. The third kappa shape index (κ3) is 5.10. The number of hydrogen-bond donors (Lipinski definition) is 1. The fraction of sp³-hybridized carbons (Fsp3) is 0.263. The Kier molecular flexibility index (Phi) is 6.38. The molecule has 0 unspecified atom stereocenters. The highest BCUT2D eigenvalue weighted by molar-refractivity contribution is 6.33. The quantitative estimate of drug-likeness (QED) is 0.789. The van der Waals surface area contributed by atoms with E-state index in [1.165, 1.54) is 11.6 Å². The summed E-state index contributed by atoms with van der Waals surface area (Å²) in [5.74, 6) is -0.619. The molecule has 0 fully saturated rings. The van der Waals surface area contributed by atoms with Crippen molar-refractivity contribution in [2.24, 2.45) is 0 Å². The molecule has 2 rings (SSSR count). The monoisotopic (exact) mass is 345 g/mol. The van der Waals surface area contributed by atoms with Crippen LogP contribution in [0.25, 0.3) is 0 Å². The Morgan fingerprint density at radius 1 is 1.12 bits per heavy atom. The van der Waals surface area contributed by atoms with Gasteiger partial charge >= 0.3 is 5.97 Å². The van der Waals surface area contributed by atoms with E-state index in [4.69, 9.17) is 16.3 Å². The molecule has 24 heavy (non-hydrogen) atoms. The van der Waals surface area contributed by atoms with Gasteiger partial charge in [-0.2, -0.15) is 0 Å². The third-order valence-electron chi connectivity index (χ3n) is 3.51. The van der Waals surface area contributed by atoms with Gasteiger partial charge in [0.1, 0.15) is 0 Å². The highest BCUT2D eigenvalue weighted by atomic mass is 35.5. The Labute approximate surface area is 146 Å². The lowest BCUT2D eigenvalue weighted by molar-refractivity contribution is -0.116. The molecule has 0 heterocycles. The van der Waals surface area contributed by atoms with E-state index >= 15 is 0 Å². The zero-order chi connectivity index (χ0) is 17.5. The summed E-state index contributed by atoms with van der Waals surface area (Å²) in [5, 5.41) is 3.08.